The number of aromatic nitrogens is 2. The molecule has 0 amide bonds. The topological polar surface area (TPSA) is 38.9 Å². The quantitative estimate of drug-likeness (QED) is 0.223. The molecular weight excluding hydrogens is 476 g/mol. The number of hydrogen-bond acceptors (Lipinski definition) is 3. The first-order chi connectivity index (χ1) is 19.0. The van der Waals surface area contributed by atoms with Crippen molar-refractivity contribution >= 4 is 43.6 Å². The van der Waals surface area contributed by atoms with Crippen molar-refractivity contribution in [1.29, 1.82) is 0 Å². The zero-order valence-corrected chi connectivity index (χ0v) is 22.7. The molecule has 0 fully saturated rings. The van der Waals surface area contributed by atoms with E-state index in [-0.39, 0.29) is 0 Å². The summed E-state index contributed by atoms with van der Waals surface area (Å²) in [5, 5.41) is 5.70. The van der Waals surface area contributed by atoms with Crippen molar-refractivity contribution in [2.45, 2.75) is 34.1 Å². The summed E-state index contributed by atoms with van der Waals surface area (Å²) in [5.41, 5.74) is 9.61. The largest absolute Gasteiger partial charge is 0.455 e. The summed E-state index contributed by atoms with van der Waals surface area (Å²) in [4.78, 5) is 9.95. The highest BCUT2D eigenvalue weighted by atomic mass is 16.3. The van der Waals surface area contributed by atoms with Crippen molar-refractivity contribution < 1.29 is 4.42 Å². The van der Waals surface area contributed by atoms with Crippen LogP contribution >= 0.6 is 0 Å². The lowest BCUT2D eigenvalue weighted by atomic mass is 9.94. The normalized spacial score (nSPS) is 11.9. The molecule has 3 nitrogen and oxygen atoms in total. The van der Waals surface area contributed by atoms with E-state index in [1.807, 2.05) is 13.0 Å². The SMILES string of the molecule is Cc1nc(-c2cccc3c2oc2cc(-c4ccccc4)ccc23)c2ccc3cc(CC(C)C)cc(C)c3c2n1. The van der Waals surface area contributed by atoms with Crippen molar-refractivity contribution in [3.8, 4) is 22.4 Å². The maximum absolute atomic E-state index is 6.59. The number of furan rings is 1. The van der Waals surface area contributed by atoms with Crippen molar-refractivity contribution in [3.63, 3.8) is 0 Å². The van der Waals surface area contributed by atoms with Gasteiger partial charge in [-0.2, -0.15) is 0 Å². The van der Waals surface area contributed by atoms with Gasteiger partial charge in [0.2, 0.25) is 0 Å². The van der Waals surface area contributed by atoms with E-state index in [9.17, 15) is 0 Å². The van der Waals surface area contributed by atoms with E-state index in [0.29, 0.717) is 5.92 Å². The minimum atomic E-state index is 0.617. The molecule has 0 N–H and O–H groups in total. The molecule has 190 valence electrons. The summed E-state index contributed by atoms with van der Waals surface area (Å²) in [5.74, 6) is 1.38. The Balaban J connectivity index is 1.46. The van der Waals surface area contributed by atoms with Crippen LogP contribution in [0.4, 0.5) is 0 Å². The van der Waals surface area contributed by atoms with Crippen LogP contribution in [0, 0.1) is 19.8 Å². The van der Waals surface area contributed by atoms with Crippen LogP contribution < -0.4 is 0 Å². The van der Waals surface area contributed by atoms with Gasteiger partial charge in [-0.1, -0.05) is 80.6 Å². The molecule has 2 heterocycles. The van der Waals surface area contributed by atoms with Gasteiger partial charge in [0.05, 0.1) is 11.2 Å². The zero-order valence-electron chi connectivity index (χ0n) is 22.7. The first-order valence-corrected chi connectivity index (χ1v) is 13.7. The lowest BCUT2D eigenvalue weighted by molar-refractivity contribution is 0.647. The molecule has 0 aliphatic carbocycles. The Bertz CT molecular complexity index is 2030. The smallest absolute Gasteiger partial charge is 0.144 e. The molecule has 7 rings (SSSR count). The molecule has 5 aromatic carbocycles. The highest BCUT2D eigenvalue weighted by molar-refractivity contribution is 6.15. The molecule has 2 aromatic heterocycles. The summed E-state index contributed by atoms with van der Waals surface area (Å²) in [6.45, 7) is 8.72. The third kappa shape index (κ3) is 3.97. The second-order valence-electron chi connectivity index (χ2n) is 11.1. The molecule has 0 unspecified atom stereocenters. The van der Waals surface area contributed by atoms with E-state index in [1.54, 1.807) is 0 Å². The van der Waals surface area contributed by atoms with E-state index >= 15 is 0 Å². The van der Waals surface area contributed by atoms with Gasteiger partial charge < -0.3 is 4.42 Å². The van der Waals surface area contributed by atoms with Crippen LogP contribution in [-0.2, 0) is 6.42 Å². The highest BCUT2D eigenvalue weighted by Crippen LogP contribution is 2.40. The summed E-state index contributed by atoms with van der Waals surface area (Å²) in [7, 11) is 0. The van der Waals surface area contributed by atoms with E-state index in [4.69, 9.17) is 14.4 Å². The van der Waals surface area contributed by atoms with Gasteiger partial charge in [0.25, 0.3) is 0 Å². The molecule has 7 aromatic rings. The van der Waals surface area contributed by atoms with E-state index < -0.39 is 0 Å². The summed E-state index contributed by atoms with van der Waals surface area (Å²) in [6, 6.07) is 32.3. The van der Waals surface area contributed by atoms with Crippen LogP contribution in [-0.4, -0.2) is 9.97 Å². The lowest BCUT2D eigenvalue weighted by Gasteiger charge is -2.14. The third-order valence-electron chi connectivity index (χ3n) is 7.65. The molecule has 0 aliphatic rings. The fourth-order valence-electron chi connectivity index (χ4n) is 6.04. The molecule has 39 heavy (non-hydrogen) atoms. The maximum atomic E-state index is 6.59. The van der Waals surface area contributed by atoms with E-state index in [2.05, 4.69) is 106 Å². The Morgan fingerprint density at radius 2 is 1.54 bits per heavy atom. The van der Waals surface area contributed by atoms with Crippen LogP contribution in [0.25, 0.3) is 66.0 Å². The van der Waals surface area contributed by atoms with Gasteiger partial charge in [0.1, 0.15) is 17.0 Å². The average Bonchev–Trinajstić information content (AvgIpc) is 3.30. The van der Waals surface area contributed by atoms with Crippen LogP contribution in [0.15, 0.2) is 95.4 Å². The maximum Gasteiger partial charge on any atom is 0.144 e. The average molecular weight is 507 g/mol. The number of fused-ring (bicyclic) bond motifs is 6. The van der Waals surface area contributed by atoms with E-state index in [1.165, 1.54) is 27.5 Å². The highest BCUT2D eigenvalue weighted by Gasteiger charge is 2.18. The Kier molecular flexibility index (Phi) is 5.48. The van der Waals surface area contributed by atoms with Crippen LogP contribution in [0.2, 0.25) is 0 Å². The molecule has 0 saturated heterocycles. The van der Waals surface area contributed by atoms with Gasteiger partial charge in [-0.15, -0.1) is 0 Å². The summed E-state index contributed by atoms with van der Waals surface area (Å²) < 4.78 is 6.59. The molecule has 3 heteroatoms. The monoisotopic (exact) mass is 506 g/mol. The lowest BCUT2D eigenvalue weighted by Crippen LogP contribution is -1.98. The zero-order chi connectivity index (χ0) is 26.7. The second-order valence-corrected chi connectivity index (χ2v) is 11.1. The Hall–Kier alpha value is -4.50. The number of aryl methyl sites for hydroxylation is 2. The number of para-hydroxylation sites is 1. The summed E-state index contributed by atoms with van der Waals surface area (Å²) in [6.07, 6.45) is 1.07. The second kappa shape index (κ2) is 9.06. The fraction of sp³-hybridized carbons (Fsp3) is 0.167. The third-order valence-corrected chi connectivity index (χ3v) is 7.65. The van der Waals surface area contributed by atoms with E-state index in [0.717, 1.165) is 61.9 Å². The number of nitrogens with zero attached hydrogens (tertiary/aromatic N) is 2. The van der Waals surface area contributed by atoms with Gasteiger partial charge in [0.15, 0.2) is 0 Å². The Morgan fingerprint density at radius 1 is 0.718 bits per heavy atom. The van der Waals surface area contributed by atoms with Crippen molar-refractivity contribution in [3.05, 3.63) is 108 Å². The first kappa shape index (κ1) is 23.6. The number of rotatable bonds is 4. The van der Waals surface area contributed by atoms with Gasteiger partial charge in [-0.25, -0.2) is 9.97 Å². The van der Waals surface area contributed by atoms with Gasteiger partial charge in [-0.3, -0.25) is 0 Å². The molecule has 0 saturated carbocycles. The molecule has 0 spiro atoms. The van der Waals surface area contributed by atoms with Crippen LogP contribution in [0.1, 0.15) is 30.8 Å². The van der Waals surface area contributed by atoms with Crippen molar-refractivity contribution in [2.75, 3.05) is 0 Å². The molecule has 0 radical (unpaired) electrons. The van der Waals surface area contributed by atoms with Crippen LogP contribution in [0.5, 0.6) is 0 Å². The first-order valence-electron chi connectivity index (χ1n) is 13.7. The van der Waals surface area contributed by atoms with Gasteiger partial charge in [-0.05, 0) is 78.1 Å². The number of hydrogen-bond donors (Lipinski definition) is 0. The Labute approximate surface area is 228 Å². The van der Waals surface area contributed by atoms with Crippen molar-refractivity contribution in [1.82, 2.24) is 9.97 Å². The molecular formula is C36H30N2O. The molecule has 0 bridgehead atoms. The minimum Gasteiger partial charge on any atom is -0.455 e. The molecule has 0 aliphatic heterocycles. The molecule has 0 atom stereocenters. The number of benzene rings is 5. The fourth-order valence-corrected chi connectivity index (χ4v) is 6.04. The van der Waals surface area contributed by atoms with Gasteiger partial charge in [0, 0.05) is 27.1 Å². The minimum absolute atomic E-state index is 0.617. The predicted molar refractivity (Wildman–Crippen MR) is 163 cm³/mol. The van der Waals surface area contributed by atoms with Gasteiger partial charge >= 0.3 is 0 Å². The Morgan fingerprint density at radius 3 is 2.36 bits per heavy atom. The standard InChI is InChI=1S/C36H30N2O/c1-21(2)17-24-18-22(3)33-27(19-24)14-16-30-34(37-23(4)38-35(30)33)31-12-8-11-29-28-15-13-26(20-32(28)39-36(29)31)25-9-6-5-7-10-25/h5-16,18-21H,17H2,1-4H3. The summed E-state index contributed by atoms with van der Waals surface area (Å²) >= 11 is 0. The predicted octanol–water partition coefficient (Wildman–Crippen LogP) is 9.83. The van der Waals surface area contributed by atoms with Crippen LogP contribution in [0.3, 0.4) is 0 Å². The van der Waals surface area contributed by atoms with Crippen molar-refractivity contribution in [2.24, 2.45) is 5.92 Å².